The van der Waals surface area contributed by atoms with E-state index in [0.29, 0.717) is 0 Å². The Morgan fingerprint density at radius 3 is 2.75 bits per heavy atom. The van der Waals surface area contributed by atoms with Gasteiger partial charge in [-0.25, -0.2) is 0 Å². The fourth-order valence-electron chi connectivity index (χ4n) is 0.759. The van der Waals surface area contributed by atoms with Crippen molar-refractivity contribution in [1.82, 2.24) is 4.98 Å². The fourth-order valence-corrected chi connectivity index (χ4v) is 0.759. The lowest BCUT2D eigenvalue weighted by molar-refractivity contribution is 1.25. The number of hydrogen-bond donors (Lipinski definition) is 2. The number of hydrazone groups is 1. The van der Waals surface area contributed by atoms with Crippen LogP contribution in [0, 0.1) is 0 Å². The maximum Gasteiger partial charge on any atom is 0.0706 e. The summed E-state index contributed by atoms with van der Waals surface area (Å²) in [5, 5.41) is 3.38. The van der Waals surface area contributed by atoms with E-state index in [1.807, 2.05) is 26.1 Å². The summed E-state index contributed by atoms with van der Waals surface area (Å²) >= 11 is 0. The molecule has 0 saturated heterocycles. The lowest BCUT2D eigenvalue weighted by Gasteiger charge is -1.86. The molecule has 1 heterocycles. The van der Waals surface area contributed by atoms with Crippen LogP contribution in [0.5, 0.6) is 0 Å². The molecule has 0 aliphatic heterocycles. The first-order valence-electron chi connectivity index (χ1n) is 3.91. The largest absolute Gasteiger partial charge is 0.360 e. The van der Waals surface area contributed by atoms with E-state index in [-0.39, 0.29) is 0 Å². The second-order valence-corrected chi connectivity index (χ2v) is 1.83. The third-order valence-electron chi connectivity index (χ3n) is 1.24. The molecule has 0 aliphatic rings. The van der Waals surface area contributed by atoms with Crippen molar-refractivity contribution >= 4 is 12.3 Å². The average Bonchev–Trinajstić information content (AvgIpc) is 2.56. The zero-order chi connectivity index (χ0) is 9.40. The highest BCUT2D eigenvalue weighted by Gasteiger charge is 1.93. The van der Waals surface area contributed by atoms with Crippen molar-refractivity contribution < 1.29 is 0 Å². The van der Waals surface area contributed by atoms with E-state index in [4.69, 9.17) is 5.84 Å². The van der Waals surface area contributed by atoms with Gasteiger partial charge in [-0.3, -0.25) is 0 Å². The quantitative estimate of drug-likeness (QED) is 0.393. The highest BCUT2D eigenvalue weighted by atomic mass is 15.1. The Kier molecular flexibility index (Phi) is 5.43. The van der Waals surface area contributed by atoms with Gasteiger partial charge in [0.05, 0.1) is 11.9 Å². The number of nitrogens with two attached hydrogens (primary N) is 1. The van der Waals surface area contributed by atoms with Gasteiger partial charge in [-0.05, 0) is 6.07 Å². The molecule has 0 amide bonds. The molecule has 0 saturated carbocycles. The van der Waals surface area contributed by atoms with E-state index in [1.165, 1.54) is 0 Å². The zero-order valence-corrected chi connectivity index (χ0v) is 7.54. The average molecular weight is 165 g/mol. The van der Waals surface area contributed by atoms with Crippen LogP contribution in [0.25, 0.3) is 6.08 Å². The molecule has 0 unspecified atom stereocenters. The van der Waals surface area contributed by atoms with Crippen molar-refractivity contribution in [2.75, 3.05) is 0 Å². The zero-order valence-electron chi connectivity index (χ0n) is 7.54. The van der Waals surface area contributed by atoms with Crippen LogP contribution in [-0.4, -0.2) is 11.2 Å². The van der Waals surface area contributed by atoms with Gasteiger partial charge in [0.25, 0.3) is 0 Å². The topological polar surface area (TPSA) is 54.2 Å². The number of nitrogens with zero attached hydrogens (tertiary/aromatic N) is 1. The molecule has 0 fully saturated rings. The van der Waals surface area contributed by atoms with Gasteiger partial charge >= 0.3 is 0 Å². The number of nitrogens with one attached hydrogen (secondary N) is 1. The minimum atomic E-state index is 0.887. The Hall–Kier alpha value is -1.51. The van der Waals surface area contributed by atoms with Crippen molar-refractivity contribution in [3.8, 4) is 0 Å². The smallest absolute Gasteiger partial charge is 0.0706 e. The molecular formula is C9H15N3. The molecule has 3 nitrogen and oxygen atoms in total. The standard InChI is InChI=1S/C7H9N3.C2H6/c1-2-6-3-4-9-7(6)5-10-8;1-2/h2-5,9H,1,8H2;1-2H3/b10-5-;. The minimum absolute atomic E-state index is 0.887. The van der Waals surface area contributed by atoms with E-state index < -0.39 is 0 Å². The van der Waals surface area contributed by atoms with Crippen molar-refractivity contribution in [2.45, 2.75) is 13.8 Å². The molecule has 12 heavy (non-hydrogen) atoms. The second kappa shape index (κ2) is 6.22. The Bertz CT molecular complexity index is 248. The lowest BCUT2D eigenvalue weighted by Crippen LogP contribution is -1.87. The minimum Gasteiger partial charge on any atom is -0.360 e. The molecule has 3 heteroatoms. The molecule has 66 valence electrons. The molecule has 0 aromatic carbocycles. The van der Waals surface area contributed by atoms with Crippen LogP contribution in [-0.2, 0) is 0 Å². The van der Waals surface area contributed by atoms with Gasteiger partial charge in [0.2, 0.25) is 0 Å². The Balaban J connectivity index is 0.000000561. The maximum atomic E-state index is 4.96. The number of aromatic nitrogens is 1. The van der Waals surface area contributed by atoms with E-state index in [2.05, 4.69) is 16.7 Å². The Morgan fingerprint density at radius 2 is 2.25 bits per heavy atom. The molecular weight excluding hydrogens is 150 g/mol. The van der Waals surface area contributed by atoms with Crippen molar-refractivity contribution in [2.24, 2.45) is 10.9 Å². The van der Waals surface area contributed by atoms with Crippen LogP contribution in [0.1, 0.15) is 25.1 Å². The highest BCUT2D eigenvalue weighted by Crippen LogP contribution is 2.04. The van der Waals surface area contributed by atoms with Crippen LogP contribution in [0.2, 0.25) is 0 Å². The SMILES string of the molecule is C=Cc1cc[nH]c1/C=N\N.CC. The number of hydrogen-bond acceptors (Lipinski definition) is 2. The molecule has 0 atom stereocenters. The maximum absolute atomic E-state index is 4.96. The van der Waals surface area contributed by atoms with Crippen LogP contribution in [0.4, 0.5) is 0 Å². The Labute approximate surface area is 73.0 Å². The highest BCUT2D eigenvalue weighted by molar-refractivity contribution is 5.82. The fraction of sp³-hybridized carbons (Fsp3) is 0.222. The van der Waals surface area contributed by atoms with Crippen LogP contribution in [0.15, 0.2) is 23.9 Å². The molecule has 3 N–H and O–H groups in total. The van der Waals surface area contributed by atoms with Gasteiger partial charge in [0.1, 0.15) is 0 Å². The van der Waals surface area contributed by atoms with E-state index >= 15 is 0 Å². The third-order valence-corrected chi connectivity index (χ3v) is 1.24. The van der Waals surface area contributed by atoms with Crippen molar-refractivity contribution in [3.05, 3.63) is 30.1 Å². The summed E-state index contributed by atoms with van der Waals surface area (Å²) in [5.41, 5.74) is 1.90. The molecule has 1 rings (SSSR count). The summed E-state index contributed by atoms with van der Waals surface area (Å²) in [6.45, 7) is 7.62. The monoisotopic (exact) mass is 165 g/mol. The van der Waals surface area contributed by atoms with Gasteiger partial charge in [0, 0.05) is 11.8 Å². The third kappa shape index (κ3) is 2.62. The summed E-state index contributed by atoms with van der Waals surface area (Å²) in [4.78, 5) is 2.96. The normalized spacial score (nSPS) is 9.17. The van der Waals surface area contributed by atoms with Gasteiger partial charge in [-0.2, -0.15) is 5.10 Å². The van der Waals surface area contributed by atoms with Crippen LogP contribution >= 0.6 is 0 Å². The number of rotatable bonds is 2. The van der Waals surface area contributed by atoms with Gasteiger partial charge < -0.3 is 10.8 Å². The van der Waals surface area contributed by atoms with Gasteiger partial charge in [-0.1, -0.05) is 26.5 Å². The van der Waals surface area contributed by atoms with Crippen LogP contribution < -0.4 is 5.84 Å². The first-order chi connectivity index (χ1) is 5.88. The summed E-state index contributed by atoms with van der Waals surface area (Å²) in [5.74, 6) is 4.96. The van der Waals surface area contributed by atoms with E-state index in [9.17, 15) is 0 Å². The molecule has 0 aliphatic carbocycles. The molecule has 1 aromatic heterocycles. The Morgan fingerprint density at radius 1 is 1.58 bits per heavy atom. The predicted molar refractivity (Wildman–Crippen MR) is 54.0 cm³/mol. The number of H-pyrrole nitrogens is 1. The van der Waals surface area contributed by atoms with E-state index in [0.717, 1.165) is 11.3 Å². The predicted octanol–water partition coefficient (Wildman–Crippen LogP) is 1.98. The van der Waals surface area contributed by atoms with E-state index in [1.54, 1.807) is 12.3 Å². The number of aromatic amines is 1. The van der Waals surface area contributed by atoms with Crippen LogP contribution in [0.3, 0.4) is 0 Å². The first kappa shape index (κ1) is 10.5. The second-order valence-electron chi connectivity index (χ2n) is 1.83. The lowest BCUT2D eigenvalue weighted by atomic mass is 10.2. The molecule has 0 spiro atoms. The van der Waals surface area contributed by atoms with Crippen molar-refractivity contribution in [3.63, 3.8) is 0 Å². The van der Waals surface area contributed by atoms with Gasteiger partial charge in [-0.15, -0.1) is 0 Å². The summed E-state index contributed by atoms with van der Waals surface area (Å²) in [6.07, 6.45) is 5.11. The van der Waals surface area contributed by atoms with Gasteiger partial charge in [0.15, 0.2) is 0 Å². The summed E-state index contributed by atoms with van der Waals surface area (Å²) < 4.78 is 0. The molecule has 0 bridgehead atoms. The molecule has 0 radical (unpaired) electrons. The molecule has 1 aromatic rings. The summed E-state index contributed by atoms with van der Waals surface area (Å²) in [7, 11) is 0. The van der Waals surface area contributed by atoms with Crippen molar-refractivity contribution in [1.29, 1.82) is 0 Å². The first-order valence-corrected chi connectivity index (χ1v) is 3.91. The summed E-state index contributed by atoms with van der Waals surface area (Å²) in [6, 6.07) is 1.91.